The Labute approximate surface area is 114 Å². The van der Waals surface area contributed by atoms with E-state index in [9.17, 15) is 4.79 Å². The molecule has 0 fully saturated rings. The molecule has 0 spiro atoms. The number of hydrogen-bond acceptors (Lipinski definition) is 4. The van der Waals surface area contributed by atoms with Crippen molar-refractivity contribution in [3.63, 3.8) is 0 Å². The van der Waals surface area contributed by atoms with Crippen LogP contribution in [0.3, 0.4) is 0 Å². The van der Waals surface area contributed by atoms with Gasteiger partial charge in [-0.15, -0.1) is 11.3 Å². The van der Waals surface area contributed by atoms with E-state index in [1.54, 1.807) is 17.4 Å². The second-order valence-corrected chi connectivity index (χ2v) is 5.31. The van der Waals surface area contributed by atoms with Crippen molar-refractivity contribution in [2.24, 2.45) is 0 Å². The number of aryl methyl sites for hydroxylation is 1. The molecule has 0 aliphatic heterocycles. The van der Waals surface area contributed by atoms with Gasteiger partial charge in [-0.1, -0.05) is 6.92 Å². The summed E-state index contributed by atoms with van der Waals surface area (Å²) in [6.07, 6.45) is 4.18. The van der Waals surface area contributed by atoms with Crippen molar-refractivity contribution in [1.29, 1.82) is 0 Å². The lowest BCUT2D eigenvalue weighted by Crippen LogP contribution is -2.26. The minimum absolute atomic E-state index is 0.105. The first-order chi connectivity index (χ1) is 8.61. The number of halogens is 1. The van der Waals surface area contributed by atoms with Crippen molar-refractivity contribution in [3.05, 3.63) is 39.2 Å². The van der Waals surface area contributed by atoms with Crippen LogP contribution in [-0.4, -0.2) is 10.9 Å². The van der Waals surface area contributed by atoms with Gasteiger partial charge < -0.3 is 9.73 Å². The Morgan fingerprint density at radius 2 is 2.44 bits per heavy atom. The summed E-state index contributed by atoms with van der Waals surface area (Å²) in [5, 5.41) is 3.83. The zero-order valence-electron chi connectivity index (χ0n) is 10.1. The fourth-order valence-electron chi connectivity index (χ4n) is 1.48. The molecule has 4 nitrogen and oxygen atoms in total. The molecule has 0 aliphatic carbocycles. The van der Waals surface area contributed by atoms with Crippen LogP contribution in [0.4, 0.5) is 0 Å². The van der Waals surface area contributed by atoms with Gasteiger partial charge in [0.05, 0.1) is 17.9 Å². The van der Waals surface area contributed by atoms with Crippen LogP contribution in [0, 0.1) is 0 Å². The molecular formula is C12H13ClN2O2S. The summed E-state index contributed by atoms with van der Waals surface area (Å²) in [5.74, 6) is -0.255. The van der Waals surface area contributed by atoms with Crippen LogP contribution >= 0.6 is 22.9 Å². The molecule has 18 heavy (non-hydrogen) atoms. The van der Waals surface area contributed by atoms with Crippen molar-refractivity contribution in [1.82, 2.24) is 10.3 Å². The van der Waals surface area contributed by atoms with Crippen LogP contribution in [0.25, 0.3) is 0 Å². The molecule has 6 heteroatoms. The Kier molecular flexibility index (Phi) is 4.04. The number of carbonyl (C=O) groups excluding carboxylic acids is 1. The zero-order chi connectivity index (χ0) is 13.1. The molecule has 0 radical (unpaired) electrons. The van der Waals surface area contributed by atoms with Crippen molar-refractivity contribution in [2.75, 3.05) is 0 Å². The summed E-state index contributed by atoms with van der Waals surface area (Å²) in [6, 6.07) is 1.40. The summed E-state index contributed by atoms with van der Waals surface area (Å²) in [6.45, 7) is 3.97. The maximum absolute atomic E-state index is 11.9. The van der Waals surface area contributed by atoms with Crippen LogP contribution in [-0.2, 0) is 6.42 Å². The van der Waals surface area contributed by atoms with E-state index in [2.05, 4.69) is 17.2 Å². The molecule has 2 aromatic rings. The summed E-state index contributed by atoms with van der Waals surface area (Å²) in [4.78, 5) is 17.4. The Morgan fingerprint density at radius 3 is 3.00 bits per heavy atom. The average molecular weight is 285 g/mol. The number of carbonyl (C=O) groups is 1. The van der Waals surface area contributed by atoms with Gasteiger partial charge in [0.25, 0.3) is 5.91 Å². The van der Waals surface area contributed by atoms with Gasteiger partial charge in [-0.05, 0) is 31.0 Å². The standard InChI is InChI=1S/C12H13ClN2O2S/c1-3-8-6-14-12(18-8)7(2)15-11(16)9-4-5-17-10(9)13/h4-7H,3H2,1-2H3,(H,15,16). The molecule has 0 saturated carbocycles. The minimum atomic E-state index is -0.255. The lowest BCUT2D eigenvalue weighted by atomic mass is 10.3. The average Bonchev–Trinajstić information content (AvgIpc) is 2.96. The summed E-state index contributed by atoms with van der Waals surface area (Å²) >= 11 is 7.35. The predicted molar refractivity (Wildman–Crippen MR) is 71.1 cm³/mol. The Morgan fingerprint density at radius 1 is 1.67 bits per heavy atom. The SMILES string of the molecule is CCc1cnc(C(C)NC(=O)c2ccoc2Cl)s1. The van der Waals surface area contributed by atoms with Crippen LogP contribution in [0.15, 0.2) is 22.9 Å². The number of hydrogen-bond donors (Lipinski definition) is 1. The molecule has 1 amide bonds. The molecule has 0 saturated heterocycles. The fraction of sp³-hybridized carbons (Fsp3) is 0.333. The van der Waals surface area contributed by atoms with Gasteiger partial charge in [0.15, 0.2) is 0 Å². The van der Waals surface area contributed by atoms with Gasteiger partial charge in [0.2, 0.25) is 5.22 Å². The second-order valence-electron chi connectivity index (χ2n) is 3.82. The van der Waals surface area contributed by atoms with E-state index < -0.39 is 0 Å². The topological polar surface area (TPSA) is 55.1 Å². The quantitative estimate of drug-likeness (QED) is 0.936. The lowest BCUT2D eigenvalue weighted by Gasteiger charge is -2.10. The maximum atomic E-state index is 11.9. The molecular weight excluding hydrogens is 272 g/mol. The van der Waals surface area contributed by atoms with E-state index in [1.165, 1.54) is 11.1 Å². The zero-order valence-corrected chi connectivity index (χ0v) is 11.6. The van der Waals surface area contributed by atoms with Crippen molar-refractivity contribution in [3.8, 4) is 0 Å². The van der Waals surface area contributed by atoms with Gasteiger partial charge in [0, 0.05) is 11.1 Å². The third-order valence-electron chi connectivity index (χ3n) is 2.50. The monoisotopic (exact) mass is 284 g/mol. The molecule has 2 aromatic heterocycles. The minimum Gasteiger partial charge on any atom is -0.452 e. The van der Waals surface area contributed by atoms with Gasteiger partial charge >= 0.3 is 0 Å². The molecule has 1 N–H and O–H groups in total. The highest BCUT2D eigenvalue weighted by Gasteiger charge is 2.17. The van der Waals surface area contributed by atoms with E-state index >= 15 is 0 Å². The van der Waals surface area contributed by atoms with Gasteiger partial charge in [-0.2, -0.15) is 0 Å². The smallest absolute Gasteiger partial charge is 0.256 e. The maximum Gasteiger partial charge on any atom is 0.256 e. The molecule has 2 heterocycles. The van der Waals surface area contributed by atoms with E-state index in [0.29, 0.717) is 5.56 Å². The first kappa shape index (κ1) is 13.1. The molecule has 1 atom stereocenters. The van der Waals surface area contributed by atoms with Crippen LogP contribution in [0.1, 0.15) is 40.1 Å². The Bertz CT molecular complexity index is 550. The molecule has 0 bridgehead atoms. The highest BCUT2D eigenvalue weighted by atomic mass is 35.5. The normalized spacial score (nSPS) is 12.4. The number of nitrogens with zero attached hydrogens (tertiary/aromatic N) is 1. The number of thiazole rings is 1. The fourth-order valence-corrected chi connectivity index (χ4v) is 2.54. The predicted octanol–water partition coefficient (Wildman–Crippen LogP) is 3.44. The van der Waals surface area contributed by atoms with E-state index in [-0.39, 0.29) is 17.2 Å². The largest absolute Gasteiger partial charge is 0.452 e. The number of aromatic nitrogens is 1. The first-order valence-corrected chi connectivity index (χ1v) is 6.79. The van der Waals surface area contributed by atoms with E-state index in [1.807, 2.05) is 13.1 Å². The molecule has 96 valence electrons. The van der Waals surface area contributed by atoms with Gasteiger partial charge in [-0.25, -0.2) is 4.98 Å². The van der Waals surface area contributed by atoms with Crippen molar-refractivity contribution >= 4 is 28.8 Å². The second kappa shape index (κ2) is 5.54. The molecule has 0 aliphatic rings. The van der Waals surface area contributed by atoms with Gasteiger partial charge in [-0.3, -0.25) is 4.79 Å². The molecule has 2 rings (SSSR count). The van der Waals surface area contributed by atoms with Crippen molar-refractivity contribution in [2.45, 2.75) is 26.3 Å². The van der Waals surface area contributed by atoms with Crippen LogP contribution in [0.2, 0.25) is 5.22 Å². The van der Waals surface area contributed by atoms with Crippen molar-refractivity contribution < 1.29 is 9.21 Å². The van der Waals surface area contributed by atoms with Crippen LogP contribution in [0.5, 0.6) is 0 Å². The summed E-state index contributed by atoms with van der Waals surface area (Å²) < 4.78 is 4.89. The summed E-state index contributed by atoms with van der Waals surface area (Å²) in [5.41, 5.74) is 0.343. The van der Waals surface area contributed by atoms with Crippen LogP contribution < -0.4 is 5.32 Å². The highest BCUT2D eigenvalue weighted by Crippen LogP contribution is 2.22. The molecule has 1 unspecified atom stereocenters. The number of furan rings is 1. The molecule has 0 aromatic carbocycles. The van der Waals surface area contributed by atoms with Gasteiger partial charge in [0.1, 0.15) is 5.01 Å². The van der Waals surface area contributed by atoms with E-state index in [4.69, 9.17) is 16.0 Å². The third kappa shape index (κ3) is 2.73. The number of nitrogens with one attached hydrogen (secondary N) is 1. The Balaban J connectivity index is 2.05. The Hall–Kier alpha value is -1.33. The summed E-state index contributed by atoms with van der Waals surface area (Å²) in [7, 11) is 0. The third-order valence-corrected chi connectivity index (χ3v) is 4.12. The highest BCUT2D eigenvalue weighted by molar-refractivity contribution is 7.11. The first-order valence-electron chi connectivity index (χ1n) is 5.60. The lowest BCUT2D eigenvalue weighted by molar-refractivity contribution is 0.0939. The number of amides is 1. The van der Waals surface area contributed by atoms with E-state index in [0.717, 1.165) is 11.4 Å². The number of rotatable bonds is 4.